The molecule has 0 aromatic heterocycles. The highest BCUT2D eigenvalue weighted by molar-refractivity contribution is 5.80. The number of allylic oxidation sites excluding steroid dienone is 2. The van der Waals surface area contributed by atoms with Crippen molar-refractivity contribution in [3.05, 3.63) is 65.7 Å². The van der Waals surface area contributed by atoms with Gasteiger partial charge in [0.15, 0.2) is 13.6 Å². The molecule has 1 unspecified atom stereocenters. The van der Waals surface area contributed by atoms with E-state index in [0.717, 1.165) is 55.8 Å². The van der Waals surface area contributed by atoms with Crippen molar-refractivity contribution in [3.8, 4) is 17.2 Å². The number of Topliss-reactive ketones (excluding diaryl/α,β-unsaturated/α-hetero) is 1. The summed E-state index contributed by atoms with van der Waals surface area (Å²) in [4.78, 5) is 12.0. The maximum Gasteiger partial charge on any atom is 0.188 e. The Labute approximate surface area is 247 Å². The van der Waals surface area contributed by atoms with Crippen LogP contribution in [0.1, 0.15) is 95.6 Å². The van der Waals surface area contributed by atoms with Crippen LogP contribution in [0.3, 0.4) is 0 Å². The molecule has 0 bridgehead atoms. The number of unbranched alkanes of at least 4 members (excludes halogenated alkanes) is 4. The molecule has 0 amide bonds. The highest BCUT2D eigenvalue weighted by atomic mass is 16.7. The number of ether oxygens (including phenoxy) is 5. The van der Waals surface area contributed by atoms with Gasteiger partial charge in [-0.15, -0.1) is 0 Å². The molecular weight excluding hydrogens is 516 g/mol. The van der Waals surface area contributed by atoms with Crippen molar-refractivity contribution in [3.63, 3.8) is 0 Å². The molecular formula is C35H50O6. The fourth-order valence-electron chi connectivity index (χ4n) is 5.62. The summed E-state index contributed by atoms with van der Waals surface area (Å²) in [5, 5.41) is 0. The van der Waals surface area contributed by atoms with E-state index >= 15 is 0 Å². The average molecular weight is 567 g/mol. The van der Waals surface area contributed by atoms with Crippen molar-refractivity contribution in [1.82, 2.24) is 0 Å². The summed E-state index contributed by atoms with van der Waals surface area (Å²) in [7, 11) is 3.24. The van der Waals surface area contributed by atoms with Crippen molar-refractivity contribution in [2.24, 2.45) is 5.92 Å². The monoisotopic (exact) mass is 566 g/mol. The zero-order chi connectivity index (χ0) is 29.5. The quantitative estimate of drug-likeness (QED) is 0.0967. The predicted octanol–water partition coefficient (Wildman–Crippen LogP) is 8.38. The molecule has 0 N–H and O–H groups in total. The molecule has 0 aliphatic carbocycles. The van der Waals surface area contributed by atoms with E-state index in [1.165, 1.54) is 30.4 Å². The van der Waals surface area contributed by atoms with Gasteiger partial charge in [-0.25, -0.2) is 0 Å². The van der Waals surface area contributed by atoms with Crippen LogP contribution in [0.15, 0.2) is 54.6 Å². The molecule has 0 fully saturated rings. The molecule has 0 spiro atoms. The molecule has 1 aliphatic heterocycles. The van der Waals surface area contributed by atoms with E-state index in [2.05, 4.69) is 51.1 Å². The number of methoxy groups -OCH3 is 2. The minimum atomic E-state index is -0.210. The number of carbonyl (C=O) groups excluding carboxylic acids is 1. The van der Waals surface area contributed by atoms with Gasteiger partial charge in [0.2, 0.25) is 0 Å². The molecule has 1 aliphatic rings. The molecule has 6 heteroatoms. The van der Waals surface area contributed by atoms with Crippen LogP contribution in [-0.2, 0) is 19.7 Å². The number of benzene rings is 2. The highest BCUT2D eigenvalue weighted by Gasteiger charge is 2.42. The zero-order valence-electron chi connectivity index (χ0n) is 25.8. The molecule has 0 saturated carbocycles. The predicted molar refractivity (Wildman–Crippen MR) is 164 cm³/mol. The van der Waals surface area contributed by atoms with Crippen LogP contribution in [0, 0.1) is 5.92 Å². The van der Waals surface area contributed by atoms with E-state index < -0.39 is 0 Å². The Morgan fingerprint density at radius 1 is 0.976 bits per heavy atom. The Kier molecular flexibility index (Phi) is 13.7. The van der Waals surface area contributed by atoms with E-state index in [1.807, 2.05) is 24.3 Å². The summed E-state index contributed by atoms with van der Waals surface area (Å²) in [5.41, 5.74) is 2.20. The smallest absolute Gasteiger partial charge is 0.188 e. The Bertz CT molecular complexity index is 1080. The molecule has 2 aromatic carbocycles. The van der Waals surface area contributed by atoms with Crippen LogP contribution in [0.2, 0.25) is 0 Å². The first-order chi connectivity index (χ1) is 19.9. The van der Waals surface area contributed by atoms with Crippen LogP contribution in [-0.4, -0.2) is 40.2 Å². The normalized spacial score (nSPS) is 19.0. The summed E-state index contributed by atoms with van der Waals surface area (Å²) in [5.74, 6) is 3.28. The summed E-state index contributed by atoms with van der Waals surface area (Å²) in [6, 6.07) is 14.4. The minimum absolute atomic E-state index is 0.205. The first-order valence-corrected chi connectivity index (χ1v) is 15.2. The van der Waals surface area contributed by atoms with Crippen molar-refractivity contribution < 1.29 is 28.5 Å². The summed E-state index contributed by atoms with van der Waals surface area (Å²) >= 11 is 0. The van der Waals surface area contributed by atoms with E-state index in [4.69, 9.17) is 23.7 Å². The van der Waals surface area contributed by atoms with Crippen molar-refractivity contribution in [1.29, 1.82) is 0 Å². The Balaban J connectivity index is 1.63. The van der Waals surface area contributed by atoms with Crippen molar-refractivity contribution in [2.45, 2.75) is 89.9 Å². The highest BCUT2D eigenvalue weighted by Crippen LogP contribution is 2.49. The van der Waals surface area contributed by atoms with Gasteiger partial charge in [0.1, 0.15) is 23.0 Å². The number of carbonyl (C=O) groups is 1. The van der Waals surface area contributed by atoms with E-state index in [9.17, 15) is 4.79 Å². The third-order valence-electron chi connectivity index (χ3n) is 8.20. The van der Waals surface area contributed by atoms with Crippen LogP contribution >= 0.6 is 0 Å². The third-order valence-corrected chi connectivity index (χ3v) is 8.20. The van der Waals surface area contributed by atoms with Gasteiger partial charge in [-0.05, 0) is 61.4 Å². The Morgan fingerprint density at radius 2 is 1.66 bits per heavy atom. The topological polar surface area (TPSA) is 63.2 Å². The number of hydrogen-bond donors (Lipinski definition) is 0. The largest absolute Gasteiger partial charge is 0.492 e. The SMILES string of the molecule is CCCC(=O)C(C)CCCCCCC=CC[C@@H]1c2ccc(OCOC)cc2OC[C@]1(C)c1ccc(OCOC)cc1. The fourth-order valence-corrected chi connectivity index (χ4v) is 5.62. The molecule has 3 rings (SSSR count). The van der Waals surface area contributed by atoms with Crippen LogP contribution < -0.4 is 14.2 Å². The van der Waals surface area contributed by atoms with E-state index in [-0.39, 0.29) is 30.8 Å². The lowest BCUT2D eigenvalue weighted by atomic mass is 9.66. The lowest BCUT2D eigenvalue weighted by molar-refractivity contribution is -0.122. The van der Waals surface area contributed by atoms with Gasteiger partial charge in [-0.3, -0.25) is 4.79 Å². The molecule has 3 atom stereocenters. The van der Waals surface area contributed by atoms with Gasteiger partial charge in [0.25, 0.3) is 0 Å². The van der Waals surface area contributed by atoms with Gasteiger partial charge in [-0.1, -0.05) is 70.4 Å². The Morgan fingerprint density at radius 3 is 2.37 bits per heavy atom. The molecule has 0 saturated heterocycles. The van der Waals surface area contributed by atoms with Gasteiger partial charge >= 0.3 is 0 Å². The number of rotatable bonds is 19. The second-order valence-electron chi connectivity index (χ2n) is 11.4. The van der Waals surface area contributed by atoms with Gasteiger partial charge in [0, 0.05) is 44.0 Å². The second kappa shape index (κ2) is 17.2. The molecule has 1 heterocycles. The zero-order valence-corrected chi connectivity index (χ0v) is 25.8. The molecule has 2 aromatic rings. The van der Waals surface area contributed by atoms with Crippen molar-refractivity contribution in [2.75, 3.05) is 34.4 Å². The summed E-state index contributed by atoms with van der Waals surface area (Å²) in [6.07, 6.45) is 14.1. The van der Waals surface area contributed by atoms with E-state index in [1.54, 1.807) is 14.2 Å². The first-order valence-electron chi connectivity index (χ1n) is 15.2. The lowest BCUT2D eigenvalue weighted by Gasteiger charge is -2.42. The average Bonchev–Trinajstić information content (AvgIpc) is 2.99. The molecule has 6 nitrogen and oxygen atoms in total. The van der Waals surface area contributed by atoms with Crippen LogP contribution in [0.5, 0.6) is 17.2 Å². The molecule has 0 radical (unpaired) electrons. The number of ketones is 1. The fraction of sp³-hybridized carbons (Fsp3) is 0.571. The lowest BCUT2D eigenvalue weighted by Crippen LogP contribution is -2.40. The van der Waals surface area contributed by atoms with Gasteiger partial charge < -0.3 is 23.7 Å². The number of hydrogen-bond acceptors (Lipinski definition) is 6. The van der Waals surface area contributed by atoms with Gasteiger partial charge in [-0.2, -0.15) is 0 Å². The standard InChI is InChI=1S/C35H50O6/c1-6-14-33(36)27(2)15-12-10-8-7-9-11-13-16-32-31-22-21-30(41-26-38-5)23-34(31)39-24-35(32,3)28-17-19-29(20-18-28)40-25-37-4/h11,13,17-23,27,32H,6-10,12,14-16,24-26H2,1-5H3/t27?,32-,35-/m1/s1. The number of fused-ring (bicyclic) bond motifs is 1. The van der Waals surface area contributed by atoms with Gasteiger partial charge in [0.05, 0.1) is 6.61 Å². The van der Waals surface area contributed by atoms with Crippen LogP contribution in [0.25, 0.3) is 0 Å². The minimum Gasteiger partial charge on any atom is -0.492 e. The van der Waals surface area contributed by atoms with E-state index in [0.29, 0.717) is 12.4 Å². The summed E-state index contributed by atoms with van der Waals surface area (Å²) in [6.45, 7) is 7.46. The first kappa shape index (κ1) is 32.7. The maximum absolute atomic E-state index is 12.0. The molecule has 226 valence electrons. The maximum atomic E-state index is 12.0. The van der Waals surface area contributed by atoms with Crippen LogP contribution in [0.4, 0.5) is 0 Å². The summed E-state index contributed by atoms with van der Waals surface area (Å²) < 4.78 is 27.7. The third kappa shape index (κ3) is 9.61. The molecule has 41 heavy (non-hydrogen) atoms. The second-order valence-corrected chi connectivity index (χ2v) is 11.4. The van der Waals surface area contributed by atoms with Crippen molar-refractivity contribution >= 4 is 5.78 Å². The Hall–Kier alpha value is -2.83.